The van der Waals surface area contributed by atoms with Gasteiger partial charge >= 0.3 is 0 Å². The minimum atomic E-state index is -0.948. The molecule has 0 aliphatic carbocycles. The predicted molar refractivity (Wildman–Crippen MR) is 141 cm³/mol. The Morgan fingerprint density at radius 2 is 1.89 bits per heavy atom. The summed E-state index contributed by atoms with van der Waals surface area (Å²) in [6.07, 6.45) is 7.10. The highest BCUT2D eigenvalue weighted by Gasteiger charge is 2.33. The standard InChI is InChI=1S/C29H33FN4O3/c1-20-16-32-34-18-24(37-19-28(2,3)35)14-25(27(20)34)22-7-8-26(31-17-22)33-11-9-29(36,10-12-33)15-21-5-4-6-23(30)13-21/h4-8,13-14,16-18,35-36H,9-12,15,19H2,1-3H3. The van der Waals surface area contributed by atoms with E-state index in [0.29, 0.717) is 38.1 Å². The Labute approximate surface area is 216 Å². The second kappa shape index (κ2) is 9.76. The summed E-state index contributed by atoms with van der Waals surface area (Å²) in [5, 5.41) is 25.6. The van der Waals surface area contributed by atoms with E-state index in [1.807, 2.05) is 49.8 Å². The Morgan fingerprint density at radius 3 is 2.57 bits per heavy atom. The third kappa shape index (κ3) is 5.76. The zero-order valence-corrected chi connectivity index (χ0v) is 21.5. The fourth-order valence-corrected chi connectivity index (χ4v) is 4.90. The maximum atomic E-state index is 13.6. The summed E-state index contributed by atoms with van der Waals surface area (Å²) in [4.78, 5) is 6.92. The summed E-state index contributed by atoms with van der Waals surface area (Å²) in [5.74, 6) is 1.19. The molecule has 0 spiro atoms. The smallest absolute Gasteiger partial charge is 0.138 e. The molecule has 0 unspecified atom stereocenters. The van der Waals surface area contributed by atoms with Crippen LogP contribution in [0.2, 0.25) is 0 Å². The van der Waals surface area contributed by atoms with Gasteiger partial charge < -0.3 is 19.8 Å². The number of anilines is 1. The number of fused-ring (bicyclic) bond motifs is 1. The van der Waals surface area contributed by atoms with Gasteiger partial charge in [-0.05, 0) is 75.1 Å². The molecule has 0 radical (unpaired) electrons. The van der Waals surface area contributed by atoms with Crippen LogP contribution in [0.3, 0.4) is 0 Å². The fourth-order valence-electron chi connectivity index (χ4n) is 4.90. The number of halogens is 1. The molecule has 4 heterocycles. The lowest BCUT2D eigenvalue weighted by Gasteiger charge is -2.39. The van der Waals surface area contributed by atoms with Gasteiger partial charge in [-0.15, -0.1) is 0 Å². The molecule has 8 heteroatoms. The van der Waals surface area contributed by atoms with Crippen LogP contribution in [-0.2, 0) is 6.42 Å². The molecule has 37 heavy (non-hydrogen) atoms. The molecule has 1 aliphatic heterocycles. The number of hydrogen-bond acceptors (Lipinski definition) is 6. The third-order valence-corrected chi connectivity index (χ3v) is 6.86. The maximum Gasteiger partial charge on any atom is 0.138 e. The Kier molecular flexibility index (Phi) is 6.64. The first-order valence-corrected chi connectivity index (χ1v) is 12.6. The maximum absolute atomic E-state index is 13.6. The van der Waals surface area contributed by atoms with Crippen molar-refractivity contribution in [3.63, 3.8) is 0 Å². The second-order valence-electron chi connectivity index (χ2n) is 10.7. The van der Waals surface area contributed by atoms with Gasteiger partial charge in [-0.3, -0.25) is 0 Å². The predicted octanol–water partition coefficient (Wildman–Crippen LogP) is 4.57. The highest BCUT2D eigenvalue weighted by molar-refractivity contribution is 5.83. The molecule has 0 amide bonds. The number of hydrogen-bond donors (Lipinski definition) is 2. The van der Waals surface area contributed by atoms with E-state index in [0.717, 1.165) is 33.6 Å². The van der Waals surface area contributed by atoms with Crippen molar-refractivity contribution >= 4 is 11.3 Å². The van der Waals surface area contributed by atoms with E-state index >= 15 is 0 Å². The number of piperidine rings is 1. The van der Waals surface area contributed by atoms with Crippen LogP contribution in [-0.4, -0.2) is 55.7 Å². The molecule has 1 aliphatic rings. The number of rotatable bonds is 7. The summed E-state index contributed by atoms with van der Waals surface area (Å²) in [7, 11) is 0. The molecule has 5 rings (SSSR count). The molecule has 2 N–H and O–H groups in total. The fraction of sp³-hybridized carbons (Fsp3) is 0.379. The minimum Gasteiger partial charge on any atom is -0.489 e. The van der Waals surface area contributed by atoms with Crippen molar-refractivity contribution in [2.45, 2.75) is 51.2 Å². The summed E-state index contributed by atoms with van der Waals surface area (Å²) >= 11 is 0. The van der Waals surface area contributed by atoms with Gasteiger partial charge in [0.15, 0.2) is 0 Å². The van der Waals surface area contributed by atoms with Gasteiger partial charge in [0.05, 0.1) is 29.1 Å². The largest absolute Gasteiger partial charge is 0.489 e. The van der Waals surface area contributed by atoms with Gasteiger partial charge in [0.1, 0.15) is 24.0 Å². The van der Waals surface area contributed by atoms with Crippen molar-refractivity contribution in [2.24, 2.45) is 0 Å². The molecule has 1 aromatic carbocycles. The Bertz CT molecular complexity index is 1390. The van der Waals surface area contributed by atoms with E-state index in [9.17, 15) is 14.6 Å². The second-order valence-corrected chi connectivity index (χ2v) is 10.7. The zero-order chi connectivity index (χ0) is 26.2. The summed E-state index contributed by atoms with van der Waals surface area (Å²) in [5.41, 5.74) is 2.92. The van der Waals surface area contributed by atoms with Crippen LogP contribution in [0.1, 0.15) is 37.8 Å². The zero-order valence-electron chi connectivity index (χ0n) is 21.5. The average Bonchev–Trinajstić information content (AvgIpc) is 3.23. The minimum absolute atomic E-state index is 0.163. The van der Waals surface area contributed by atoms with Gasteiger partial charge in [0, 0.05) is 36.8 Å². The summed E-state index contributed by atoms with van der Waals surface area (Å²) in [6, 6.07) is 12.5. The van der Waals surface area contributed by atoms with Crippen molar-refractivity contribution < 1.29 is 19.3 Å². The van der Waals surface area contributed by atoms with Gasteiger partial charge in [-0.25, -0.2) is 13.9 Å². The lowest BCUT2D eigenvalue weighted by molar-refractivity contribution is 0.0164. The van der Waals surface area contributed by atoms with Crippen LogP contribution < -0.4 is 9.64 Å². The van der Waals surface area contributed by atoms with E-state index < -0.39 is 11.2 Å². The molecule has 1 fully saturated rings. The SMILES string of the molecule is Cc1cnn2cc(OCC(C)(C)O)cc(-c3ccc(N4CCC(O)(Cc5cccc(F)c5)CC4)nc3)c12. The molecule has 194 valence electrons. The highest BCUT2D eigenvalue weighted by atomic mass is 19.1. The number of aromatic nitrogens is 3. The number of aliphatic hydroxyl groups is 2. The van der Waals surface area contributed by atoms with Crippen LogP contribution >= 0.6 is 0 Å². The molecule has 4 aromatic rings. The molecule has 0 saturated carbocycles. The molecule has 0 bridgehead atoms. The van der Waals surface area contributed by atoms with E-state index in [1.165, 1.54) is 12.1 Å². The lowest BCUT2D eigenvalue weighted by Crippen LogP contribution is -2.46. The van der Waals surface area contributed by atoms with Crippen molar-refractivity contribution in [2.75, 3.05) is 24.6 Å². The van der Waals surface area contributed by atoms with E-state index in [4.69, 9.17) is 9.72 Å². The summed E-state index contributed by atoms with van der Waals surface area (Å²) in [6.45, 7) is 6.93. The number of pyridine rings is 2. The van der Waals surface area contributed by atoms with Crippen molar-refractivity contribution in [1.29, 1.82) is 0 Å². The molecule has 1 saturated heterocycles. The lowest BCUT2D eigenvalue weighted by atomic mass is 9.85. The van der Waals surface area contributed by atoms with Gasteiger partial charge in [0.25, 0.3) is 0 Å². The molecular formula is C29H33FN4O3. The number of aryl methyl sites for hydroxylation is 1. The molecule has 0 atom stereocenters. The topological polar surface area (TPSA) is 83.1 Å². The van der Waals surface area contributed by atoms with Crippen LogP contribution in [0.4, 0.5) is 10.2 Å². The van der Waals surface area contributed by atoms with Gasteiger partial charge in [0.2, 0.25) is 0 Å². The molecular weight excluding hydrogens is 471 g/mol. The highest BCUT2D eigenvalue weighted by Crippen LogP contribution is 2.33. The Morgan fingerprint density at radius 1 is 1.11 bits per heavy atom. The van der Waals surface area contributed by atoms with Crippen LogP contribution in [0.25, 0.3) is 16.6 Å². The number of benzene rings is 1. The van der Waals surface area contributed by atoms with Crippen LogP contribution in [0.15, 0.2) is 61.1 Å². The quantitative estimate of drug-likeness (QED) is 0.384. The molecule has 7 nitrogen and oxygen atoms in total. The van der Waals surface area contributed by atoms with Crippen molar-refractivity contribution in [3.8, 4) is 16.9 Å². The third-order valence-electron chi connectivity index (χ3n) is 6.86. The number of nitrogens with zero attached hydrogens (tertiary/aromatic N) is 4. The van der Waals surface area contributed by atoms with Gasteiger partial charge in [-0.2, -0.15) is 5.10 Å². The first-order chi connectivity index (χ1) is 17.6. The normalized spacial score (nSPS) is 15.8. The Balaban J connectivity index is 1.32. The van der Waals surface area contributed by atoms with E-state index in [2.05, 4.69) is 10.00 Å². The first kappa shape index (κ1) is 25.2. The van der Waals surface area contributed by atoms with Crippen LogP contribution in [0.5, 0.6) is 5.75 Å². The first-order valence-electron chi connectivity index (χ1n) is 12.6. The van der Waals surface area contributed by atoms with Crippen molar-refractivity contribution in [3.05, 3.63) is 78.0 Å². The average molecular weight is 505 g/mol. The Hall–Kier alpha value is -3.49. The van der Waals surface area contributed by atoms with Crippen LogP contribution in [0, 0.1) is 12.7 Å². The monoisotopic (exact) mass is 504 g/mol. The van der Waals surface area contributed by atoms with E-state index in [-0.39, 0.29) is 12.4 Å². The van der Waals surface area contributed by atoms with E-state index in [1.54, 1.807) is 24.4 Å². The van der Waals surface area contributed by atoms with Gasteiger partial charge in [-0.1, -0.05) is 12.1 Å². The van der Waals surface area contributed by atoms with Crippen molar-refractivity contribution in [1.82, 2.24) is 14.6 Å². The molecule has 3 aromatic heterocycles. The number of ether oxygens (including phenoxy) is 1. The summed E-state index contributed by atoms with van der Waals surface area (Å²) < 4.78 is 21.2.